The summed E-state index contributed by atoms with van der Waals surface area (Å²) >= 11 is 0. The maximum Gasteiger partial charge on any atom is 0.314 e. The minimum Gasteiger partial charge on any atom is -0.393 e. The Labute approximate surface area is 132 Å². The van der Waals surface area contributed by atoms with Crippen LogP contribution in [0.5, 0.6) is 0 Å². The number of amides is 2. The fourth-order valence-electron chi connectivity index (χ4n) is 2.42. The summed E-state index contributed by atoms with van der Waals surface area (Å²) in [6.07, 6.45) is 0.128. The number of carbonyl (C=O) groups excluding carboxylic acids is 1. The summed E-state index contributed by atoms with van der Waals surface area (Å²) in [4.78, 5) is 11.7. The van der Waals surface area contributed by atoms with Crippen LogP contribution in [0.3, 0.4) is 0 Å². The molecule has 0 fully saturated rings. The Bertz CT molecular complexity index is 446. The molecule has 22 heavy (non-hydrogen) atoms. The maximum absolute atomic E-state index is 11.7. The summed E-state index contributed by atoms with van der Waals surface area (Å²) in [5.41, 5.74) is 0.692. The van der Waals surface area contributed by atoms with Crippen molar-refractivity contribution in [3.63, 3.8) is 0 Å². The number of nitrogens with one attached hydrogen (secondary N) is 2. The highest BCUT2D eigenvalue weighted by Crippen LogP contribution is 2.21. The number of aliphatic hydroxyl groups is 2. The number of hydrogen-bond acceptors (Lipinski definition) is 3. The van der Waals surface area contributed by atoms with Crippen molar-refractivity contribution >= 4 is 6.03 Å². The quantitative estimate of drug-likeness (QED) is 0.594. The smallest absolute Gasteiger partial charge is 0.314 e. The van der Waals surface area contributed by atoms with Gasteiger partial charge in [0.15, 0.2) is 0 Å². The molecule has 2 amide bonds. The van der Waals surface area contributed by atoms with E-state index in [9.17, 15) is 15.0 Å². The second kappa shape index (κ2) is 8.76. The number of carbonyl (C=O) groups is 1. The second-order valence-electron chi connectivity index (χ2n) is 6.54. The monoisotopic (exact) mass is 308 g/mol. The average Bonchev–Trinajstić information content (AvgIpc) is 2.45. The van der Waals surface area contributed by atoms with Crippen molar-refractivity contribution in [2.45, 2.75) is 45.8 Å². The van der Waals surface area contributed by atoms with Gasteiger partial charge in [0.25, 0.3) is 0 Å². The van der Waals surface area contributed by atoms with Crippen LogP contribution in [0.2, 0.25) is 0 Å². The van der Waals surface area contributed by atoms with Gasteiger partial charge in [-0.15, -0.1) is 0 Å². The Balaban J connectivity index is 2.23. The van der Waals surface area contributed by atoms with Crippen LogP contribution in [-0.4, -0.2) is 35.4 Å². The molecule has 5 nitrogen and oxygen atoms in total. The van der Waals surface area contributed by atoms with Crippen molar-refractivity contribution in [1.29, 1.82) is 0 Å². The topological polar surface area (TPSA) is 81.6 Å². The third-order valence-corrected chi connectivity index (χ3v) is 3.46. The summed E-state index contributed by atoms with van der Waals surface area (Å²) in [7, 11) is 0. The van der Waals surface area contributed by atoms with E-state index in [1.807, 2.05) is 44.2 Å². The van der Waals surface area contributed by atoms with Crippen LogP contribution in [0.1, 0.15) is 45.3 Å². The van der Waals surface area contributed by atoms with E-state index < -0.39 is 6.10 Å². The molecule has 0 radical (unpaired) electrons. The van der Waals surface area contributed by atoms with Gasteiger partial charge in [-0.1, -0.05) is 44.2 Å². The minimum atomic E-state index is -0.576. The van der Waals surface area contributed by atoms with Crippen molar-refractivity contribution in [3.8, 4) is 0 Å². The Morgan fingerprint density at radius 2 is 1.82 bits per heavy atom. The first-order chi connectivity index (χ1) is 10.3. The van der Waals surface area contributed by atoms with Gasteiger partial charge in [-0.2, -0.15) is 0 Å². The van der Waals surface area contributed by atoms with Gasteiger partial charge in [0.05, 0.1) is 12.2 Å². The molecule has 0 bridgehead atoms. The van der Waals surface area contributed by atoms with Gasteiger partial charge in [0, 0.05) is 13.1 Å². The molecule has 1 aromatic rings. The van der Waals surface area contributed by atoms with Gasteiger partial charge in [0.2, 0.25) is 0 Å². The molecule has 0 saturated carbocycles. The summed E-state index contributed by atoms with van der Waals surface area (Å²) in [5.74, 6) is 0. The van der Waals surface area contributed by atoms with Gasteiger partial charge >= 0.3 is 6.03 Å². The van der Waals surface area contributed by atoms with Gasteiger partial charge in [-0.3, -0.25) is 0 Å². The molecule has 4 N–H and O–H groups in total. The lowest BCUT2D eigenvalue weighted by Crippen LogP contribution is -2.42. The summed E-state index contributed by atoms with van der Waals surface area (Å²) in [5, 5.41) is 24.9. The maximum atomic E-state index is 11.7. The summed E-state index contributed by atoms with van der Waals surface area (Å²) in [6, 6.07) is 9.13. The van der Waals surface area contributed by atoms with Gasteiger partial charge < -0.3 is 20.8 Å². The van der Waals surface area contributed by atoms with Crippen LogP contribution in [0.4, 0.5) is 4.79 Å². The number of benzene rings is 1. The molecule has 2 atom stereocenters. The Morgan fingerprint density at radius 1 is 1.18 bits per heavy atom. The standard InChI is InChI=1S/C17H28N2O3/c1-13(20)11-17(2,3)12-19-16(22)18-10-9-15(21)14-7-5-4-6-8-14/h4-8,13,15,20-21H,9-12H2,1-3H3,(H2,18,19,22). The predicted octanol–water partition coefficient (Wildman–Crippen LogP) is 2.21. The number of hydrogen-bond donors (Lipinski definition) is 4. The van der Waals surface area contributed by atoms with Crippen molar-refractivity contribution in [2.75, 3.05) is 13.1 Å². The normalized spacial score (nSPS) is 14.2. The van der Waals surface area contributed by atoms with Crippen LogP contribution in [0, 0.1) is 5.41 Å². The molecule has 0 aromatic heterocycles. The third kappa shape index (κ3) is 7.43. The second-order valence-corrected chi connectivity index (χ2v) is 6.54. The molecule has 0 saturated heterocycles. The average molecular weight is 308 g/mol. The number of rotatable bonds is 8. The molecule has 0 aliphatic carbocycles. The molecule has 0 aliphatic heterocycles. The zero-order valence-corrected chi connectivity index (χ0v) is 13.7. The van der Waals surface area contributed by atoms with Gasteiger partial charge in [-0.05, 0) is 30.7 Å². The van der Waals surface area contributed by atoms with Crippen molar-refractivity contribution in [2.24, 2.45) is 5.41 Å². The van der Waals surface area contributed by atoms with Crippen LogP contribution < -0.4 is 10.6 Å². The van der Waals surface area contributed by atoms with E-state index in [1.165, 1.54) is 0 Å². The van der Waals surface area contributed by atoms with E-state index in [0.717, 1.165) is 5.56 Å². The molecule has 5 heteroatoms. The molecule has 124 valence electrons. The lowest BCUT2D eigenvalue weighted by Gasteiger charge is -2.26. The molecule has 0 aliphatic rings. The van der Waals surface area contributed by atoms with E-state index in [0.29, 0.717) is 25.9 Å². The van der Waals surface area contributed by atoms with Crippen molar-refractivity contribution < 1.29 is 15.0 Å². The third-order valence-electron chi connectivity index (χ3n) is 3.46. The predicted molar refractivity (Wildman–Crippen MR) is 87.5 cm³/mol. The van der Waals surface area contributed by atoms with E-state index >= 15 is 0 Å². The fraction of sp³-hybridized carbons (Fsp3) is 0.588. The van der Waals surface area contributed by atoms with Crippen LogP contribution in [-0.2, 0) is 0 Å². The first-order valence-electron chi connectivity index (χ1n) is 7.73. The zero-order valence-electron chi connectivity index (χ0n) is 13.7. The van der Waals surface area contributed by atoms with Gasteiger partial charge in [0.1, 0.15) is 0 Å². The molecule has 1 rings (SSSR count). The zero-order chi connectivity index (χ0) is 16.6. The fourth-order valence-corrected chi connectivity index (χ4v) is 2.42. The first-order valence-corrected chi connectivity index (χ1v) is 7.73. The molecule has 1 aromatic carbocycles. The van der Waals surface area contributed by atoms with Crippen LogP contribution in [0.25, 0.3) is 0 Å². The number of urea groups is 1. The number of aliphatic hydroxyl groups excluding tert-OH is 2. The Morgan fingerprint density at radius 3 is 2.41 bits per heavy atom. The van der Waals surface area contributed by atoms with Crippen molar-refractivity contribution in [1.82, 2.24) is 10.6 Å². The summed E-state index contributed by atoms with van der Waals surface area (Å²) < 4.78 is 0. The van der Waals surface area contributed by atoms with Crippen LogP contribution in [0.15, 0.2) is 30.3 Å². The molecular weight excluding hydrogens is 280 g/mol. The first kappa shape index (κ1) is 18.5. The molecule has 0 heterocycles. The highest BCUT2D eigenvalue weighted by atomic mass is 16.3. The van der Waals surface area contributed by atoms with Crippen LogP contribution >= 0.6 is 0 Å². The molecule has 2 unspecified atom stereocenters. The van der Waals surface area contributed by atoms with E-state index in [4.69, 9.17) is 0 Å². The molecular formula is C17H28N2O3. The van der Waals surface area contributed by atoms with E-state index in [2.05, 4.69) is 10.6 Å². The minimum absolute atomic E-state index is 0.158. The summed E-state index contributed by atoms with van der Waals surface area (Å²) in [6.45, 7) is 6.63. The largest absolute Gasteiger partial charge is 0.393 e. The molecule has 0 spiro atoms. The lowest BCUT2D eigenvalue weighted by atomic mass is 9.87. The highest BCUT2D eigenvalue weighted by molar-refractivity contribution is 5.73. The Hall–Kier alpha value is -1.59. The van der Waals surface area contributed by atoms with Gasteiger partial charge in [-0.25, -0.2) is 4.79 Å². The highest BCUT2D eigenvalue weighted by Gasteiger charge is 2.21. The van der Waals surface area contributed by atoms with Crippen molar-refractivity contribution in [3.05, 3.63) is 35.9 Å². The SMILES string of the molecule is CC(O)CC(C)(C)CNC(=O)NCCC(O)c1ccccc1. The Kier molecular flexibility index (Phi) is 7.35. The van der Waals surface area contributed by atoms with E-state index in [1.54, 1.807) is 6.92 Å². The van der Waals surface area contributed by atoms with E-state index in [-0.39, 0.29) is 17.6 Å². The lowest BCUT2D eigenvalue weighted by molar-refractivity contribution is 0.128.